The van der Waals surface area contributed by atoms with E-state index in [0.717, 1.165) is 55.5 Å². The van der Waals surface area contributed by atoms with Crippen LogP contribution < -0.4 is 29.6 Å². The van der Waals surface area contributed by atoms with Gasteiger partial charge in [-0.25, -0.2) is 28.7 Å². The van der Waals surface area contributed by atoms with Crippen molar-refractivity contribution in [3.05, 3.63) is 55.0 Å². The van der Waals surface area contributed by atoms with Crippen molar-refractivity contribution in [2.45, 2.75) is 37.7 Å². The Hall–Kier alpha value is -6.47. The van der Waals surface area contributed by atoms with Crippen LogP contribution in [0.2, 0.25) is 0 Å². The number of halogens is 2. The van der Waals surface area contributed by atoms with Gasteiger partial charge < -0.3 is 44.4 Å². The van der Waals surface area contributed by atoms with Crippen LogP contribution in [-0.2, 0) is 9.59 Å². The molecule has 17 nitrogen and oxygen atoms in total. The zero-order valence-corrected chi connectivity index (χ0v) is 34.7. The van der Waals surface area contributed by atoms with Crippen LogP contribution in [0.4, 0.5) is 20.4 Å². The fourth-order valence-corrected chi connectivity index (χ4v) is 7.79. The summed E-state index contributed by atoms with van der Waals surface area (Å²) in [6.07, 6.45) is 3.46. The van der Waals surface area contributed by atoms with Crippen molar-refractivity contribution in [2.24, 2.45) is 17.8 Å². The largest absolute Gasteiger partial charge is 0.496 e. The number of aromatic nitrogens is 7. The van der Waals surface area contributed by atoms with Crippen LogP contribution in [0.15, 0.2) is 55.0 Å². The number of benzene rings is 1. The normalized spacial score (nSPS) is 22.1. The number of aromatic amines is 2. The van der Waals surface area contributed by atoms with Gasteiger partial charge in [-0.1, -0.05) is 6.07 Å². The van der Waals surface area contributed by atoms with Gasteiger partial charge in [0.25, 0.3) is 0 Å². The number of H-pyrrole nitrogens is 2. The van der Waals surface area contributed by atoms with Crippen molar-refractivity contribution < 1.29 is 43.0 Å². The second-order valence-electron chi connectivity index (χ2n) is 16.0. The predicted octanol–water partition coefficient (Wildman–Crippen LogP) is 6.26. The van der Waals surface area contributed by atoms with Crippen molar-refractivity contribution in [2.75, 3.05) is 71.7 Å². The molecule has 19 heteroatoms. The minimum atomic E-state index is -1.10. The highest BCUT2D eigenvalue weighted by Gasteiger charge is 2.56. The lowest BCUT2D eigenvalue weighted by atomic mass is 10.0. The number of hydrogen-bond donors (Lipinski definition) is 4. The van der Waals surface area contributed by atoms with Gasteiger partial charge in [0.2, 0.25) is 23.6 Å². The molecule has 62 heavy (non-hydrogen) atoms. The van der Waals surface area contributed by atoms with Crippen LogP contribution in [0.1, 0.15) is 25.0 Å². The molecule has 5 atom stereocenters. The van der Waals surface area contributed by atoms with E-state index >= 15 is 0 Å². The molecule has 5 aromatic heterocycles. The molecule has 3 aliphatic carbocycles. The summed E-state index contributed by atoms with van der Waals surface area (Å²) in [5.74, 6) is 0.743. The summed E-state index contributed by atoms with van der Waals surface area (Å²) < 4.78 is 49.9. The van der Waals surface area contributed by atoms with Crippen molar-refractivity contribution in [1.82, 2.24) is 44.9 Å². The second-order valence-corrected chi connectivity index (χ2v) is 16.0. The number of ether oxygens (including phenoxy) is 4. The predicted molar refractivity (Wildman–Crippen MR) is 234 cm³/mol. The Morgan fingerprint density at radius 1 is 0.855 bits per heavy atom. The second kappa shape index (κ2) is 17.1. The monoisotopic (exact) mass is 859 g/mol. The van der Waals surface area contributed by atoms with Gasteiger partial charge >= 0.3 is 0 Å². The van der Waals surface area contributed by atoms with Crippen LogP contribution in [0, 0.1) is 17.8 Å². The fraction of sp³-hybridized carbons (Fsp3) is 0.419. The molecule has 1 aromatic carbocycles. The number of rotatable bonds is 13. The number of carbonyl (C=O) groups excluding carboxylic acids is 2. The van der Waals surface area contributed by atoms with Crippen molar-refractivity contribution in [1.29, 1.82) is 0 Å². The van der Waals surface area contributed by atoms with Crippen molar-refractivity contribution in [3.8, 4) is 45.6 Å². The Balaban J connectivity index is 0.000000237. The van der Waals surface area contributed by atoms with E-state index in [0.29, 0.717) is 69.4 Å². The first-order chi connectivity index (χ1) is 30.1. The maximum absolute atomic E-state index is 14.5. The number of nitrogens with one attached hydrogen (secondary N) is 4. The summed E-state index contributed by atoms with van der Waals surface area (Å²) >= 11 is 0. The quantitative estimate of drug-likeness (QED) is 0.102. The lowest BCUT2D eigenvalue weighted by molar-refractivity contribution is -0.118. The van der Waals surface area contributed by atoms with E-state index in [1.807, 2.05) is 30.5 Å². The Morgan fingerprint density at radius 3 is 2.21 bits per heavy atom. The van der Waals surface area contributed by atoms with Gasteiger partial charge in [0.15, 0.2) is 5.65 Å². The van der Waals surface area contributed by atoms with Gasteiger partial charge in [0.05, 0.1) is 44.4 Å². The van der Waals surface area contributed by atoms with E-state index in [-0.39, 0.29) is 36.0 Å². The van der Waals surface area contributed by atoms with E-state index in [4.69, 9.17) is 18.9 Å². The number of piperazine rings is 1. The summed E-state index contributed by atoms with van der Waals surface area (Å²) in [5, 5.41) is 14.2. The molecule has 4 fully saturated rings. The summed E-state index contributed by atoms with van der Waals surface area (Å²) in [7, 11) is 6.84. The smallest absolute Gasteiger partial charge is 0.232 e. The lowest BCUT2D eigenvalue weighted by Gasteiger charge is -2.32. The van der Waals surface area contributed by atoms with Crippen molar-refractivity contribution in [3.63, 3.8) is 0 Å². The Bertz CT molecular complexity index is 2610. The molecule has 332 valence electrons. The van der Waals surface area contributed by atoms with Crippen LogP contribution >= 0.6 is 0 Å². The summed E-state index contributed by atoms with van der Waals surface area (Å²) in [4.78, 5) is 49.6. The van der Waals surface area contributed by atoms with Gasteiger partial charge in [-0.05, 0) is 62.7 Å². The van der Waals surface area contributed by atoms with E-state index in [1.165, 1.54) is 13.4 Å². The summed E-state index contributed by atoms with van der Waals surface area (Å²) in [6.45, 7) is 4.41. The van der Waals surface area contributed by atoms with Crippen LogP contribution in [0.5, 0.6) is 23.3 Å². The molecule has 0 radical (unpaired) electrons. The fourth-order valence-electron chi connectivity index (χ4n) is 7.79. The number of nitrogens with zero attached hydrogens (tertiary/aromatic N) is 7. The minimum absolute atomic E-state index is 0. The van der Waals surface area contributed by atoms with Gasteiger partial charge in [-0.2, -0.15) is 5.10 Å². The average molecular weight is 860 g/mol. The molecule has 10 rings (SSSR count). The molecule has 2 amide bonds. The molecule has 0 spiro atoms. The van der Waals surface area contributed by atoms with E-state index in [2.05, 4.69) is 62.6 Å². The van der Waals surface area contributed by atoms with Gasteiger partial charge in [-0.3, -0.25) is 14.7 Å². The number of carbonyl (C=O) groups is 2. The van der Waals surface area contributed by atoms with Gasteiger partial charge in [0.1, 0.15) is 59.1 Å². The molecule has 1 saturated heterocycles. The Labute approximate surface area is 360 Å². The number of hydrogen-bond acceptors (Lipinski definition) is 13. The third-order valence-electron chi connectivity index (χ3n) is 11.7. The molecule has 4 N–H and O–H groups in total. The molecular weight excluding hydrogens is 805 g/mol. The first-order valence-corrected chi connectivity index (χ1v) is 20.5. The topological polar surface area (TPSA) is 198 Å². The van der Waals surface area contributed by atoms with E-state index < -0.39 is 24.2 Å². The molecule has 6 heterocycles. The maximum Gasteiger partial charge on any atom is 0.232 e. The van der Waals surface area contributed by atoms with E-state index in [1.54, 1.807) is 32.4 Å². The lowest BCUT2D eigenvalue weighted by Crippen LogP contribution is -2.45. The number of pyridine rings is 2. The number of alkyl halides is 2. The number of amides is 2. The first-order valence-electron chi connectivity index (χ1n) is 20.5. The highest BCUT2D eigenvalue weighted by molar-refractivity contribution is 6.00. The number of methoxy groups -OCH3 is 3. The summed E-state index contributed by atoms with van der Waals surface area (Å²) in [5.41, 5.74) is 3.89. The summed E-state index contributed by atoms with van der Waals surface area (Å²) in [6, 6.07) is 12.7. The standard InChI is InChI=1S/C25H30FN5O3.C18H17FN6O3.4H2/c1-30-9-11-31(12-10-30)14-17-22(23(17)26)25(32)29-20-8-7-15-16(13-27-24(15)28-20)21-18(33-2)5-4-6-19(21)34-3;1-27-17-13(18(21-7-20-17)28-8-2-3-8)14-9-4-5-12(22-15(9)25-24-14)23-16(26)10-6-11(10)19;;;;/h4-8,13,17,22-23H,9-12,14H2,1-3H3,(H2,27,28,29,32);4-5,7-8,10-11H,2-3,6H2,1H3,(H2,22,23,24,25,26);4*1H. The number of likely N-dealkylation sites (N-methyl/N-ethyl adjacent to an activating group) is 1. The van der Waals surface area contributed by atoms with E-state index in [9.17, 15) is 18.4 Å². The molecule has 6 aromatic rings. The average Bonchev–Trinajstić information content (AvgIpc) is 4.24. The third kappa shape index (κ3) is 8.41. The van der Waals surface area contributed by atoms with Crippen LogP contribution in [-0.4, -0.2) is 136 Å². The SMILES string of the molecule is COc1cccc(OC)c1-c1c[nH]c2nc(NC(=O)C3C(F)C3CN3CCN(C)CC3)ccc12.COc1ncnc(OC2CC2)c1-c1[nH]nc2nc(NC(=O)C3CC3F)ccc12.[HH].[HH].[HH].[HH]. The third-order valence-corrected chi connectivity index (χ3v) is 11.7. The van der Waals surface area contributed by atoms with Crippen molar-refractivity contribution >= 4 is 45.5 Å². The molecule has 5 unspecified atom stereocenters. The highest BCUT2D eigenvalue weighted by atomic mass is 19.1. The zero-order chi connectivity index (χ0) is 43.1. The minimum Gasteiger partial charge on any atom is -0.496 e. The van der Waals surface area contributed by atoms with Gasteiger partial charge in [-0.15, -0.1) is 0 Å². The number of anilines is 2. The molecule has 0 bridgehead atoms. The number of fused-ring (bicyclic) bond motifs is 2. The maximum atomic E-state index is 14.5. The van der Waals surface area contributed by atoms with Crippen LogP contribution in [0.25, 0.3) is 44.5 Å². The highest BCUT2D eigenvalue weighted by Crippen LogP contribution is 2.45. The van der Waals surface area contributed by atoms with Crippen LogP contribution in [0.3, 0.4) is 0 Å². The molecule has 4 aliphatic rings. The van der Waals surface area contributed by atoms with Gasteiger partial charge in [0, 0.05) is 66.9 Å². The Kier molecular flexibility index (Phi) is 11.3. The Morgan fingerprint density at radius 2 is 1.53 bits per heavy atom. The first kappa shape index (κ1) is 40.9. The molecular formula is C43H55F2N11O6. The zero-order valence-electron chi connectivity index (χ0n) is 34.7. The molecule has 1 aliphatic heterocycles. The molecule has 3 saturated carbocycles.